The van der Waals surface area contributed by atoms with Crippen molar-refractivity contribution in [3.05, 3.63) is 0 Å². The highest BCUT2D eigenvalue weighted by Crippen LogP contribution is 1.96. The van der Waals surface area contributed by atoms with Crippen LogP contribution < -0.4 is 10.6 Å². The second-order valence-corrected chi connectivity index (χ2v) is 4.60. The van der Waals surface area contributed by atoms with E-state index >= 15 is 0 Å². The average Bonchev–Trinajstić information content (AvgIpc) is 2.13. The zero-order chi connectivity index (χ0) is 12.8. The first-order valence-electron chi connectivity index (χ1n) is 5.15. The van der Waals surface area contributed by atoms with Gasteiger partial charge in [0.25, 0.3) is 0 Å². The monoisotopic (exact) mass is 232 g/mol. The number of hydrogen-bond donors (Lipinski definition) is 4. The minimum atomic E-state index is -1.42. The van der Waals surface area contributed by atoms with Gasteiger partial charge in [0.1, 0.15) is 0 Å². The van der Waals surface area contributed by atoms with Gasteiger partial charge < -0.3 is 20.8 Å². The number of hydrogen-bond acceptors (Lipinski definition) is 4. The van der Waals surface area contributed by atoms with Crippen molar-refractivity contribution in [2.75, 3.05) is 13.1 Å². The Morgan fingerprint density at radius 1 is 1.31 bits per heavy atom. The lowest BCUT2D eigenvalue weighted by Gasteiger charge is -2.20. The van der Waals surface area contributed by atoms with E-state index in [2.05, 4.69) is 10.6 Å². The Bertz CT molecular complexity index is 248. The lowest BCUT2D eigenvalue weighted by atomic mass is 10.1. The van der Waals surface area contributed by atoms with Gasteiger partial charge in [-0.3, -0.25) is 4.79 Å². The van der Waals surface area contributed by atoms with Gasteiger partial charge in [-0.25, -0.2) is 4.79 Å². The molecule has 0 rings (SSSR count). The van der Waals surface area contributed by atoms with E-state index in [1.54, 1.807) is 0 Å². The van der Waals surface area contributed by atoms with E-state index in [1.807, 2.05) is 20.8 Å². The first-order valence-corrected chi connectivity index (χ1v) is 5.15. The molecule has 0 aliphatic heterocycles. The number of aliphatic hydroxyl groups excluding tert-OH is 1. The molecule has 0 heterocycles. The normalized spacial score (nSPS) is 13.2. The summed E-state index contributed by atoms with van der Waals surface area (Å²) in [7, 11) is 0. The molecule has 16 heavy (non-hydrogen) atoms. The fourth-order valence-electron chi connectivity index (χ4n) is 0.880. The van der Waals surface area contributed by atoms with Crippen molar-refractivity contribution >= 4 is 11.9 Å². The highest BCUT2D eigenvalue weighted by Gasteiger charge is 2.14. The Kier molecular flexibility index (Phi) is 5.98. The third kappa shape index (κ3) is 8.19. The number of amides is 1. The summed E-state index contributed by atoms with van der Waals surface area (Å²) >= 11 is 0. The van der Waals surface area contributed by atoms with Gasteiger partial charge in [-0.05, 0) is 20.8 Å². The zero-order valence-electron chi connectivity index (χ0n) is 9.91. The molecular weight excluding hydrogens is 212 g/mol. The number of carbonyl (C=O) groups excluding carboxylic acids is 1. The minimum Gasteiger partial charge on any atom is -0.479 e. The molecule has 0 saturated heterocycles. The average molecular weight is 232 g/mol. The maximum atomic E-state index is 11.2. The van der Waals surface area contributed by atoms with Crippen molar-refractivity contribution in [2.24, 2.45) is 0 Å². The molecule has 1 atom stereocenters. The van der Waals surface area contributed by atoms with Gasteiger partial charge in [0.2, 0.25) is 5.91 Å². The minimum absolute atomic E-state index is 0.0105. The maximum Gasteiger partial charge on any atom is 0.332 e. The van der Waals surface area contributed by atoms with Crippen LogP contribution in [0.5, 0.6) is 0 Å². The lowest BCUT2D eigenvalue weighted by molar-refractivity contribution is -0.147. The number of carboxylic acids is 1. The Balaban J connectivity index is 3.63. The first-order chi connectivity index (χ1) is 7.22. The highest BCUT2D eigenvalue weighted by molar-refractivity contribution is 5.78. The van der Waals surface area contributed by atoms with Crippen LogP contribution in [0.4, 0.5) is 0 Å². The molecule has 0 aliphatic rings. The molecule has 0 radical (unpaired) electrons. The second-order valence-electron chi connectivity index (χ2n) is 4.60. The molecule has 1 amide bonds. The Morgan fingerprint density at radius 3 is 2.31 bits per heavy atom. The highest BCUT2D eigenvalue weighted by atomic mass is 16.4. The molecule has 94 valence electrons. The predicted octanol–water partition coefficient (Wildman–Crippen LogP) is -0.674. The van der Waals surface area contributed by atoms with E-state index in [-0.39, 0.29) is 31.0 Å². The number of rotatable bonds is 6. The van der Waals surface area contributed by atoms with Gasteiger partial charge in [0, 0.05) is 18.5 Å². The van der Waals surface area contributed by atoms with Gasteiger partial charge in [-0.2, -0.15) is 0 Å². The van der Waals surface area contributed by atoms with E-state index in [4.69, 9.17) is 10.2 Å². The molecule has 6 heteroatoms. The Labute approximate surface area is 95.0 Å². The molecule has 0 fully saturated rings. The van der Waals surface area contributed by atoms with E-state index < -0.39 is 12.1 Å². The zero-order valence-corrected chi connectivity index (χ0v) is 9.91. The smallest absolute Gasteiger partial charge is 0.332 e. The molecule has 0 bridgehead atoms. The summed E-state index contributed by atoms with van der Waals surface area (Å²) in [6, 6.07) is 0. The van der Waals surface area contributed by atoms with Crippen LogP contribution >= 0.6 is 0 Å². The van der Waals surface area contributed by atoms with Crippen LogP contribution in [0.15, 0.2) is 0 Å². The van der Waals surface area contributed by atoms with E-state index in [9.17, 15) is 9.59 Å². The van der Waals surface area contributed by atoms with E-state index in [0.29, 0.717) is 0 Å². The summed E-state index contributed by atoms with van der Waals surface area (Å²) < 4.78 is 0. The largest absolute Gasteiger partial charge is 0.479 e. The molecule has 0 saturated carbocycles. The number of carboxylic acid groups (broad SMARTS) is 1. The standard InChI is InChI=1S/C10H20N2O4/c1-10(2,3)12-6-8(14)11-5-4-7(13)9(15)16/h7,12-13H,4-6H2,1-3H3,(H,11,14)(H,15,16)/t7-/m0/s1. The fraction of sp³-hybridized carbons (Fsp3) is 0.800. The lowest BCUT2D eigenvalue weighted by Crippen LogP contribution is -2.43. The van der Waals surface area contributed by atoms with Gasteiger partial charge >= 0.3 is 5.97 Å². The molecule has 4 N–H and O–H groups in total. The Morgan fingerprint density at radius 2 is 1.88 bits per heavy atom. The van der Waals surface area contributed by atoms with Crippen LogP contribution in [-0.4, -0.2) is 46.8 Å². The second kappa shape index (κ2) is 6.44. The summed E-state index contributed by atoms with van der Waals surface area (Å²) in [6.45, 7) is 6.14. The molecule has 0 unspecified atom stereocenters. The molecular formula is C10H20N2O4. The van der Waals surface area contributed by atoms with Crippen LogP contribution in [0, 0.1) is 0 Å². The maximum absolute atomic E-state index is 11.2. The Hall–Kier alpha value is -1.14. The van der Waals surface area contributed by atoms with Crippen LogP contribution in [0.2, 0.25) is 0 Å². The number of carbonyl (C=O) groups is 2. The van der Waals surface area contributed by atoms with Crippen molar-refractivity contribution in [3.8, 4) is 0 Å². The summed E-state index contributed by atoms with van der Waals surface area (Å²) in [5, 5.41) is 22.8. The van der Waals surface area contributed by atoms with Gasteiger partial charge in [0.15, 0.2) is 6.10 Å². The number of nitrogens with one attached hydrogen (secondary N) is 2. The van der Waals surface area contributed by atoms with E-state index in [0.717, 1.165) is 0 Å². The molecule has 6 nitrogen and oxygen atoms in total. The predicted molar refractivity (Wildman–Crippen MR) is 59.0 cm³/mol. The van der Waals surface area contributed by atoms with Crippen molar-refractivity contribution in [1.29, 1.82) is 0 Å². The molecule has 0 aromatic heterocycles. The van der Waals surface area contributed by atoms with Crippen molar-refractivity contribution < 1.29 is 19.8 Å². The SMILES string of the molecule is CC(C)(C)NCC(=O)NCC[C@H](O)C(=O)O. The van der Waals surface area contributed by atoms with Gasteiger partial charge in [-0.15, -0.1) is 0 Å². The summed E-state index contributed by atoms with van der Waals surface area (Å²) in [5.41, 5.74) is -0.141. The third-order valence-corrected chi connectivity index (χ3v) is 1.80. The van der Waals surface area contributed by atoms with Crippen molar-refractivity contribution in [1.82, 2.24) is 10.6 Å². The van der Waals surface area contributed by atoms with Crippen LogP contribution in [0.1, 0.15) is 27.2 Å². The molecule has 0 aromatic carbocycles. The summed E-state index contributed by atoms with van der Waals surface area (Å²) in [5.74, 6) is -1.49. The van der Waals surface area contributed by atoms with Crippen molar-refractivity contribution in [3.63, 3.8) is 0 Å². The number of aliphatic hydroxyl groups is 1. The van der Waals surface area contributed by atoms with E-state index in [1.165, 1.54) is 0 Å². The molecule has 0 aliphatic carbocycles. The van der Waals surface area contributed by atoms with Crippen LogP contribution in [0.25, 0.3) is 0 Å². The van der Waals surface area contributed by atoms with Crippen molar-refractivity contribution in [2.45, 2.75) is 38.8 Å². The van der Waals surface area contributed by atoms with Crippen LogP contribution in [-0.2, 0) is 9.59 Å². The fourth-order valence-corrected chi connectivity index (χ4v) is 0.880. The van der Waals surface area contributed by atoms with Gasteiger partial charge in [0.05, 0.1) is 6.54 Å². The molecule has 0 aromatic rings. The van der Waals surface area contributed by atoms with Crippen LogP contribution in [0.3, 0.4) is 0 Å². The first kappa shape index (κ1) is 14.9. The quantitative estimate of drug-likeness (QED) is 0.486. The summed E-state index contributed by atoms with van der Waals surface area (Å²) in [6.07, 6.45) is -1.41. The number of aliphatic carboxylic acids is 1. The topological polar surface area (TPSA) is 98.7 Å². The van der Waals surface area contributed by atoms with Gasteiger partial charge in [-0.1, -0.05) is 0 Å². The molecule has 0 spiro atoms. The summed E-state index contributed by atoms with van der Waals surface area (Å²) in [4.78, 5) is 21.5. The third-order valence-electron chi connectivity index (χ3n) is 1.80.